The number of carbonyl (C=O) groups excluding carboxylic acids is 1. The topological polar surface area (TPSA) is 41.1 Å². The lowest BCUT2D eigenvalue weighted by Crippen LogP contribution is -2.41. The fourth-order valence-electron chi connectivity index (χ4n) is 2.18. The predicted octanol–water partition coefficient (Wildman–Crippen LogP) is 3.28. The van der Waals surface area contributed by atoms with E-state index in [0.717, 1.165) is 13.0 Å². The van der Waals surface area contributed by atoms with E-state index < -0.39 is 0 Å². The highest BCUT2D eigenvalue weighted by atomic mass is 16.1. The van der Waals surface area contributed by atoms with Gasteiger partial charge in [-0.15, -0.1) is 0 Å². The second-order valence-corrected chi connectivity index (χ2v) is 7.14. The zero-order valence-electron chi connectivity index (χ0n) is 14.1. The molecule has 0 heterocycles. The summed E-state index contributed by atoms with van der Waals surface area (Å²) in [6, 6.07) is 8.73. The maximum atomic E-state index is 11.7. The van der Waals surface area contributed by atoms with E-state index in [1.807, 2.05) is 20.8 Å². The van der Waals surface area contributed by atoms with Crippen LogP contribution < -0.4 is 10.6 Å². The molecule has 3 nitrogen and oxygen atoms in total. The molecule has 1 aromatic carbocycles. The Kier molecular flexibility index (Phi) is 6.90. The summed E-state index contributed by atoms with van der Waals surface area (Å²) in [5.41, 5.74) is 2.50. The first-order valence-corrected chi connectivity index (χ1v) is 7.86. The zero-order chi connectivity index (χ0) is 15.9. The average Bonchev–Trinajstić information content (AvgIpc) is 2.34. The van der Waals surface area contributed by atoms with Gasteiger partial charge in [-0.2, -0.15) is 0 Å². The number of amides is 1. The van der Waals surface area contributed by atoms with Gasteiger partial charge < -0.3 is 10.6 Å². The molecule has 0 fully saturated rings. The van der Waals surface area contributed by atoms with Gasteiger partial charge >= 0.3 is 0 Å². The summed E-state index contributed by atoms with van der Waals surface area (Å²) in [5, 5.41) is 6.28. The molecular formula is C18H30N2O. The van der Waals surface area contributed by atoms with E-state index in [0.29, 0.717) is 18.9 Å². The van der Waals surface area contributed by atoms with Crippen LogP contribution in [0.15, 0.2) is 24.3 Å². The van der Waals surface area contributed by atoms with Crippen LogP contribution in [0.2, 0.25) is 0 Å². The summed E-state index contributed by atoms with van der Waals surface area (Å²) in [7, 11) is 0. The van der Waals surface area contributed by atoms with Crippen molar-refractivity contribution < 1.29 is 4.79 Å². The van der Waals surface area contributed by atoms with Crippen molar-refractivity contribution in [3.63, 3.8) is 0 Å². The number of rotatable bonds is 7. The van der Waals surface area contributed by atoms with E-state index in [1.54, 1.807) is 0 Å². The molecule has 0 unspecified atom stereocenters. The Morgan fingerprint density at radius 1 is 1.10 bits per heavy atom. The Bertz CT molecular complexity index is 430. The fourth-order valence-corrected chi connectivity index (χ4v) is 2.18. The van der Waals surface area contributed by atoms with Crippen LogP contribution in [0.5, 0.6) is 0 Å². The number of carbonyl (C=O) groups is 1. The molecule has 21 heavy (non-hydrogen) atoms. The van der Waals surface area contributed by atoms with Gasteiger partial charge in [0.05, 0.1) is 0 Å². The largest absolute Gasteiger partial charge is 0.351 e. The monoisotopic (exact) mass is 290 g/mol. The van der Waals surface area contributed by atoms with Gasteiger partial charge in [-0.1, -0.05) is 38.1 Å². The van der Waals surface area contributed by atoms with Crippen LogP contribution in [0.25, 0.3) is 0 Å². The molecule has 0 spiro atoms. The first-order chi connectivity index (χ1) is 9.76. The summed E-state index contributed by atoms with van der Waals surface area (Å²) in [6.45, 7) is 12.0. The van der Waals surface area contributed by atoms with Crippen LogP contribution >= 0.6 is 0 Å². The van der Waals surface area contributed by atoms with Crippen LogP contribution in [0.3, 0.4) is 0 Å². The Hall–Kier alpha value is -1.35. The molecule has 0 aliphatic rings. The van der Waals surface area contributed by atoms with E-state index in [1.165, 1.54) is 11.1 Å². The molecule has 2 N–H and O–H groups in total. The highest BCUT2D eigenvalue weighted by molar-refractivity contribution is 5.76. The van der Waals surface area contributed by atoms with Gasteiger partial charge in [-0.25, -0.2) is 0 Å². The summed E-state index contributed by atoms with van der Waals surface area (Å²) in [4.78, 5) is 11.7. The highest BCUT2D eigenvalue weighted by Crippen LogP contribution is 2.09. The molecule has 0 aliphatic carbocycles. The van der Waals surface area contributed by atoms with Gasteiger partial charge in [0.15, 0.2) is 0 Å². The molecule has 1 aromatic rings. The molecule has 1 amide bonds. The molecule has 0 saturated heterocycles. The predicted molar refractivity (Wildman–Crippen MR) is 89.2 cm³/mol. The molecule has 118 valence electrons. The fraction of sp³-hybridized carbons (Fsp3) is 0.611. The van der Waals surface area contributed by atoms with Gasteiger partial charge in [-0.05, 0) is 44.2 Å². The molecule has 0 atom stereocenters. The van der Waals surface area contributed by atoms with Crippen LogP contribution in [-0.2, 0) is 17.8 Å². The van der Waals surface area contributed by atoms with Crippen molar-refractivity contribution in [2.24, 2.45) is 5.92 Å². The summed E-state index contributed by atoms with van der Waals surface area (Å²) < 4.78 is 0. The molecule has 0 aliphatic heterocycles. The average molecular weight is 290 g/mol. The Balaban J connectivity index is 2.25. The van der Waals surface area contributed by atoms with E-state index >= 15 is 0 Å². The minimum atomic E-state index is -0.149. The third-order valence-corrected chi connectivity index (χ3v) is 3.04. The van der Waals surface area contributed by atoms with Crippen LogP contribution in [0.4, 0.5) is 0 Å². The molecular weight excluding hydrogens is 260 g/mol. The van der Waals surface area contributed by atoms with Crippen molar-refractivity contribution in [2.45, 2.75) is 59.5 Å². The van der Waals surface area contributed by atoms with Crippen molar-refractivity contribution in [3.8, 4) is 0 Å². The maximum absolute atomic E-state index is 11.7. The minimum absolute atomic E-state index is 0.0993. The Morgan fingerprint density at radius 2 is 1.67 bits per heavy atom. The standard InChI is InChI=1S/C18H30N2O/c1-14(2)12-15-6-8-16(9-7-15)13-19-11-10-17(21)20-18(3,4)5/h6-9,14,19H,10-13H2,1-5H3,(H,20,21). The normalized spacial score (nSPS) is 11.7. The van der Waals surface area contributed by atoms with Gasteiger partial charge in [0.2, 0.25) is 5.91 Å². The minimum Gasteiger partial charge on any atom is -0.351 e. The smallest absolute Gasteiger partial charge is 0.221 e. The van der Waals surface area contributed by atoms with E-state index in [-0.39, 0.29) is 11.4 Å². The summed E-state index contributed by atoms with van der Waals surface area (Å²) >= 11 is 0. The SMILES string of the molecule is CC(C)Cc1ccc(CNCCC(=O)NC(C)(C)C)cc1. The highest BCUT2D eigenvalue weighted by Gasteiger charge is 2.12. The number of benzene rings is 1. The van der Waals surface area contributed by atoms with Crippen molar-refractivity contribution in [2.75, 3.05) is 6.54 Å². The first-order valence-electron chi connectivity index (χ1n) is 7.86. The molecule has 1 rings (SSSR count). The molecule has 3 heteroatoms. The zero-order valence-corrected chi connectivity index (χ0v) is 14.1. The summed E-state index contributed by atoms with van der Waals surface area (Å²) in [5.74, 6) is 0.789. The molecule has 0 aromatic heterocycles. The van der Waals surface area contributed by atoms with Gasteiger partial charge in [-0.3, -0.25) is 4.79 Å². The quantitative estimate of drug-likeness (QED) is 0.757. The first kappa shape index (κ1) is 17.7. The maximum Gasteiger partial charge on any atom is 0.221 e. The van der Waals surface area contributed by atoms with Crippen molar-refractivity contribution >= 4 is 5.91 Å². The third-order valence-electron chi connectivity index (χ3n) is 3.04. The van der Waals surface area contributed by atoms with Gasteiger partial charge in [0, 0.05) is 25.0 Å². The third kappa shape index (κ3) is 8.51. The molecule has 0 saturated carbocycles. The van der Waals surface area contributed by atoms with Crippen molar-refractivity contribution in [1.29, 1.82) is 0 Å². The Morgan fingerprint density at radius 3 is 2.19 bits per heavy atom. The van der Waals surface area contributed by atoms with Crippen molar-refractivity contribution in [1.82, 2.24) is 10.6 Å². The molecule has 0 bridgehead atoms. The van der Waals surface area contributed by atoms with Crippen LogP contribution in [0.1, 0.15) is 52.2 Å². The van der Waals surface area contributed by atoms with Crippen LogP contribution in [-0.4, -0.2) is 18.0 Å². The van der Waals surface area contributed by atoms with Gasteiger partial charge in [0.1, 0.15) is 0 Å². The lowest BCUT2D eigenvalue weighted by Gasteiger charge is -2.20. The van der Waals surface area contributed by atoms with Gasteiger partial charge in [0.25, 0.3) is 0 Å². The Labute approximate surface area is 129 Å². The second-order valence-electron chi connectivity index (χ2n) is 7.14. The lowest BCUT2D eigenvalue weighted by atomic mass is 10.0. The van der Waals surface area contributed by atoms with E-state index in [4.69, 9.17) is 0 Å². The lowest BCUT2D eigenvalue weighted by molar-refractivity contribution is -0.122. The second kappa shape index (κ2) is 8.18. The van der Waals surface area contributed by atoms with E-state index in [2.05, 4.69) is 48.7 Å². The number of nitrogens with one attached hydrogen (secondary N) is 2. The van der Waals surface area contributed by atoms with E-state index in [9.17, 15) is 4.79 Å². The van der Waals surface area contributed by atoms with Crippen molar-refractivity contribution in [3.05, 3.63) is 35.4 Å². The number of hydrogen-bond acceptors (Lipinski definition) is 2. The number of hydrogen-bond donors (Lipinski definition) is 2. The summed E-state index contributed by atoms with van der Waals surface area (Å²) in [6.07, 6.45) is 1.64. The van der Waals surface area contributed by atoms with Crippen LogP contribution in [0, 0.1) is 5.92 Å². The molecule has 0 radical (unpaired) electrons.